The molecular formula is C17H22N4. The van der Waals surface area contributed by atoms with Crippen molar-refractivity contribution in [2.24, 2.45) is 0 Å². The van der Waals surface area contributed by atoms with E-state index in [1.54, 1.807) is 0 Å². The van der Waals surface area contributed by atoms with E-state index in [4.69, 9.17) is 4.98 Å². The molecule has 1 aromatic heterocycles. The molecule has 0 amide bonds. The van der Waals surface area contributed by atoms with Gasteiger partial charge in [-0.25, -0.2) is 4.98 Å². The second kappa shape index (κ2) is 5.28. The van der Waals surface area contributed by atoms with Gasteiger partial charge in [0.2, 0.25) is 0 Å². The molecule has 0 unspecified atom stereocenters. The van der Waals surface area contributed by atoms with E-state index >= 15 is 0 Å². The fraction of sp³-hybridized carbons (Fsp3) is 0.471. The van der Waals surface area contributed by atoms with Gasteiger partial charge in [-0.05, 0) is 24.6 Å². The predicted molar refractivity (Wildman–Crippen MR) is 86.9 cm³/mol. The van der Waals surface area contributed by atoms with Crippen molar-refractivity contribution in [2.45, 2.75) is 13.0 Å². The lowest BCUT2D eigenvalue weighted by Crippen LogP contribution is -2.63. The minimum Gasteiger partial charge on any atom is -0.353 e. The maximum Gasteiger partial charge on any atom is 0.132 e. The molecular weight excluding hydrogens is 260 g/mol. The zero-order chi connectivity index (χ0) is 14.2. The number of rotatable bonds is 2. The van der Waals surface area contributed by atoms with Crippen LogP contribution >= 0.6 is 0 Å². The van der Waals surface area contributed by atoms with Gasteiger partial charge in [-0.15, -0.1) is 0 Å². The van der Waals surface area contributed by atoms with Crippen LogP contribution in [0.15, 0.2) is 30.3 Å². The fourth-order valence-electron chi connectivity index (χ4n) is 3.44. The third-order valence-corrected chi connectivity index (χ3v) is 4.72. The van der Waals surface area contributed by atoms with E-state index in [-0.39, 0.29) is 0 Å². The van der Waals surface area contributed by atoms with Crippen LogP contribution in [0.3, 0.4) is 0 Å². The minimum absolute atomic E-state index is 0.708. The molecule has 3 heterocycles. The molecule has 2 aliphatic heterocycles. The van der Waals surface area contributed by atoms with Crippen LogP contribution in [0.4, 0.5) is 5.82 Å². The number of anilines is 1. The molecule has 0 radical (unpaired) electrons. The Morgan fingerprint density at radius 3 is 2.71 bits per heavy atom. The number of aromatic nitrogens is 1. The molecule has 2 saturated heterocycles. The van der Waals surface area contributed by atoms with Gasteiger partial charge in [-0.2, -0.15) is 0 Å². The summed E-state index contributed by atoms with van der Waals surface area (Å²) in [6.45, 7) is 9.03. The molecule has 110 valence electrons. The van der Waals surface area contributed by atoms with Gasteiger partial charge in [-0.3, -0.25) is 4.90 Å². The molecule has 0 atom stereocenters. The average Bonchev–Trinajstić information content (AvgIpc) is 2.47. The molecule has 2 fully saturated rings. The van der Waals surface area contributed by atoms with E-state index in [0.29, 0.717) is 6.04 Å². The first-order valence-electron chi connectivity index (χ1n) is 7.87. The van der Waals surface area contributed by atoms with Gasteiger partial charge in [-0.1, -0.05) is 18.2 Å². The van der Waals surface area contributed by atoms with Crippen LogP contribution in [0, 0.1) is 6.92 Å². The highest BCUT2D eigenvalue weighted by molar-refractivity contribution is 5.81. The molecule has 1 N–H and O–H groups in total. The molecule has 4 rings (SSSR count). The monoisotopic (exact) mass is 282 g/mol. The Balaban J connectivity index is 1.51. The minimum atomic E-state index is 0.708. The van der Waals surface area contributed by atoms with Gasteiger partial charge in [0.1, 0.15) is 5.82 Å². The summed E-state index contributed by atoms with van der Waals surface area (Å²) < 4.78 is 0. The molecule has 21 heavy (non-hydrogen) atoms. The zero-order valence-corrected chi connectivity index (χ0v) is 12.5. The molecule has 1 aromatic carbocycles. The largest absolute Gasteiger partial charge is 0.353 e. The Labute approximate surface area is 125 Å². The topological polar surface area (TPSA) is 31.4 Å². The number of piperazine rings is 1. The second-order valence-corrected chi connectivity index (χ2v) is 6.17. The van der Waals surface area contributed by atoms with Gasteiger partial charge in [0.15, 0.2) is 0 Å². The summed E-state index contributed by atoms with van der Waals surface area (Å²) in [6, 6.07) is 11.3. The van der Waals surface area contributed by atoms with Crippen LogP contribution in [-0.4, -0.2) is 55.2 Å². The highest BCUT2D eigenvalue weighted by Gasteiger charge is 2.33. The maximum absolute atomic E-state index is 4.87. The van der Waals surface area contributed by atoms with E-state index in [1.807, 2.05) is 0 Å². The Kier molecular flexibility index (Phi) is 3.28. The van der Waals surface area contributed by atoms with Crippen molar-refractivity contribution >= 4 is 16.7 Å². The van der Waals surface area contributed by atoms with E-state index < -0.39 is 0 Å². The Bertz CT molecular complexity index is 642. The summed E-state index contributed by atoms with van der Waals surface area (Å²) in [4.78, 5) is 9.91. The number of para-hydroxylation sites is 1. The molecule has 0 aliphatic carbocycles. The molecule has 4 nitrogen and oxygen atoms in total. The third-order valence-electron chi connectivity index (χ3n) is 4.72. The second-order valence-electron chi connectivity index (χ2n) is 6.17. The van der Waals surface area contributed by atoms with Crippen LogP contribution in [0.1, 0.15) is 5.56 Å². The van der Waals surface area contributed by atoms with Crippen LogP contribution in [0.2, 0.25) is 0 Å². The number of hydrogen-bond acceptors (Lipinski definition) is 4. The normalized spacial score (nSPS) is 20.7. The number of aryl methyl sites for hydroxylation is 1. The predicted octanol–water partition coefficient (Wildman–Crippen LogP) is 1.64. The number of nitrogens with one attached hydrogen (secondary N) is 1. The van der Waals surface area contributed by atoms with E-state index in [2.05, 4.69) is 52.4 Å². The van der Waals surface area contributed by atoms with Gasteiger partial charge < -0.3 is 10.2 Å². The van der Waals surface area contributed by atoms with Crippen LogP contribution < -0.4 is 10.2 Å². The summed E-state index contributed by atoms with van der Waals surface area (Å²) >= 11 is 0. The summed E-state index contributed by atoms with van der Waals surface area (Å²) in [5.41, 5.74) is 2.39. The highest BCUT2D eigenvalue weighted by atomic mass is 15.3. The lowest BCUT2D eigenvalue weighted by Gasteiger charge is -2.47. The molecule has 4 heteroatoms. The van der Waals surface area contributed by atoms with Gasteiger partial charge >= 0.3 is 0 Å². The molecule has 0 saturated carbocycles. The molecule has 2 aliphatic rings. The van der Waals surface area contributed by atoms with Crippen LogP contribution in [0.5, 0.6) is 0 Å². The van der Waals surface area contributed by atoms with Crippen molar-refractivity contribution in [3.8, 4) is 0 Å². The molecule has 2 aromatic rings. The smallest absolute Gasteiger partial charge is 0.132 e. The van der Waals surface area contributed by atoms with Crippen molar-refractivity contribution in [2.75, 3.05) is 44.2 Å². The van der Waals surface area contributed by atoms with Gasteiger partial charge in [0, 0.05) is 50.7 Å². The Morgan fingerprint density at radius 1 is 1.14 bits per heavy atom. The first-order chi connectivity index (χ1) is 10.3. The van der Waals surface area contributed by atoms with Crippen molar-refractivity contribution in [3.05, 3.63) is 35.9 Å². The number of benzene rings is 1. The third kappa shape index (κ3) is 2.39. The lowest BCUT2D eigenvalue weighted by molar-refractivity contribution is 0.147. The van der Waals surface area contributed by atoms with Crippen LogP contribution in [0.25, 0.3) is 10.9 Å². The summed E-state index contributed by atoms with van der Waals surface area (Å²) in [7, 11) is 0. The zero-order valence-electron chi connectivity index (χ0n) is 12.5. The number of fused-ring (bicyclic) bond motifs is 1. The van der Waals surface area contributed by atoms with Crippen molar-refractivity contribution in [1.29, 1.82) is 0 Å². The lowest BCUT2D eigenvalue weighted by atomic mass is 10.0. The van der Waals surface area contributed by atoms with E-state index in [1.165, 1.54) is 29.9 Å². The van der Waals surface area contributed by atoms with Gasteiger partial charge in [0.05, 0.1) is 5.52 Å². The first-order valence-corrected chi connectivity index (χ1v) is 7.87. The maximum atomic E-state index is 4.87. The SMILES string of the molecule is Cc1cc2ccccc2nc1N1CC(N2CCNCC2)C1. The molecule has 0 spiro atoms. The van der Waals surface area contributed by atoms with Crippen molar-refractivity contribution in [1.82, 2.24) is 15.2 Å². The molecule has 0 bridgehead atoms. The summed E-state index contributed by atoms with van der Waals surface area (Å²) in [6.07, 6.45) is 0. The first kappa shape index (κ1) is 13.0. The summed E-state index contributed by atoms with van der Waals surface area (Å²) in [5, 5.41) is 4.66. The van der Waals surface area contributed by atoms with E-state index in [0.717, 1.165) is 31.7 Å². The van der Waals surface area contributed by atoms with E-state index in [9.17, 15) is 0 Å². The standard InChI is InChI=1S/C17H22N4/c1-13-10-14-4-2-3-5-16(14)19-17(13)21-11-15(12-21)20-8-6-18-7-9-20/h2-5,10,15,18H,6-9,11-12H2,1H3. The quantitative estimate of drug-likeness (QED) is 0.907. The van der Waals surface area contributed by atoms with Crippen molar-refractivity contribution < 1.29 is 0 Å². The Morgan fingerprint density at radius 2 is 1.90 bits per heavy atom. The number of nitrogens with zero attached hydrogens (tertiary/aromatic N) is 3. The fourth-order valence-corrected chi connectivity index (χ4v) is 3.44. The number of pyridine rings is 1. The Hall–Kier alpha value is -1.65. The number of hydrogen-bond donors (Lipinski definition) is 1. The van der Waals surface area contributed by atoms with Crippen LogP contribution in [-0.2, 0) is 0 Å². The summed E-state index contributed by atoms with van der Waals surface area (Å²) in [5.74, 6) is 1.17. The van der Waals surface area contributed by atoms with Crippen molar-refractivity contribution in [3.63, 3.8) is 0 Å². The average molecular weight is 282 g/mol. The highest BCUT2D eigenvalue weighted by Crippen LogP contribution is 2.28. The van der Waals surface area contributed by atoms with Gasteiger partial charge in [0.25, 0.3) is 0 Å².